The van der Waals surface area contributed by atoms with E-state index in [0.29, 0.717) is 0 Å². The van der Waals surface area contributed by atoms with E-state index in [9.17, 15) is 0 Å². The Morgan fingerprint density at radius 3 is 1.25 bits per heavy atom. The fourth-order valence-corrected chi connectivity index (χ4v) is 5.80. The minimum Gasteiger partial charge on any atom is -0.307 e. The maximum atomic E-state index is 4.92. The highest BCUT2D eigenvalue weighted by molar-refractivity contribution is 6.34. The summed E-state index contributed by atoms with van der Waals surface area (Å²) in [5.41, 5.74) is 8.71. The van der Waals surface area contributed by atoms with E-state index >= 15 is 0 Å². The Labute approximate surface area is 206 Å². The molecule has 0 amide bonds. The predicted octanol–water partition coefficient (Wildman–Crippen LogP) is 7.82. The third-order valence-electron chi connectivity index (χ3n) is 7.17. The SMILES string of the molecule is c1ccc(-n2c3ccccc3c3c4nccnc4c4c5ccccc5n(-c5ccccc5)c4c32)cc1. The summed E-state index contributed by atoms with van der Waals surface area (Å²) in [5.74, 6) is 0. The zero-order valence-electron chi connectivity index (χ0n) is 19.3. The van der Waals surface area contributed by atoms with Gasteiger partial charge in [-0.05, 0) is 36.4 Å². The molecule has 4 nitrogen and oxygen atoms in total. The van der Waals surface area contributed by atoms with Crippen molar-refractivity contribution in [2.45, 2.75) is 0 Å². The third kappa shape index (κ3) is 2.48. The van der Waals surface area contributed by atoms with Crippen LogP contribution in [0.3, 0.4) is 0 Å². The number of rotatable bonds is 2. The summed E-state index contributed by atoms with van der Waals surface area (Å²) in [7, 11) is 0. The van der Waals surface area contributed by atoms with E-state index in [4.69, 9.17) is 9.97 Å². The van der Waals surface area contributed by atoms with Crippen LogP contribution in [-0.4, -0.2) is 19.1 Å². The van der Waals surface area contributed by atoms with Crippen molar-refractivity contribution in [2.24, 2.45) is 0 Å². The van der Waals surface area contributed by atoms with Gasteiger partial charge in [0.1, 0.15) is 0 Å². The van der Waals surface area contributed by atoms with Crippen molar-refractivity contribution in [1.29, 1.82) is 0 Å². The average Bonchev–Trinajstić information content (AvgIpc) is 3.48. The molecule has 8 rings (SSSR count). The van der Waals surface area contributed by atoms with Crippen LogP contribution in [0.15, 0.2) is 122 Å². The van der Waals surface area contributed by atoms with Crippen LogP contribution in [0.4, 0.5) is 0 Å². The molecule has 8 aromatic rings. The van der Waals surface area contributed by atoms with Crippen LogP contribution in [-0.2, 0) is 0 Å². The summed E-state index contributed by atoms with van der Waals surface area (Å²) in [6.07, 6.45) is 3.61. The number of aromatic nitrogens is 4. The zero-order chi connectivity index (χ0) is 23.6. The Balaban J connectivity index is 1.79. The van der Waals surface area contributed by atoms with Crippen molar-refractivity contribution >= 4 is 54.6 Å². The first-order valence-corrected chi connectivity index (χ1v) is 12.1. The van der Waals surface area contributed by atoms with Crippen LogP contribution >= 0.6 is 0 Å². The van der Waals surface area contributed by atoms with Crippen LogP contribution in [0.5, 0.6) is 0 Å². The van der Waals surface area contributed by atoms with Gasteiger partial charge >= 0.3 is 0 Å². The summed E-state index contributed by atoms with van der Waals surface area (Å²) in [6.45, 7) is 0. The number of nitrogens with zero attached hydrogens (tertiary/aromatic N) is 4. The van der Waals surface area contributed by atoms with E-state index in [2.05, 4.69) is 118 Å². The molecule has 4 heteroatoms. The van der Waals surface area contributed by atoms with E-state index in [1.54, 1.807) is 12.4 Å². The molecule has 0 saturated carbocycles. The van der Waals surface area contributed by atoms with E-state index < -0.39 is 0 Å². The molecular formula is C32H20N4. The van der Waals surface area contributed by atoms with Crippen LogP contribution in [0, 0.1) is 0 Å². The molecule has 0 aliphatic heterocycles. The number of para-hydroxylation sites is 4. The molecule has 0 aliphatic rings. The summed E-state index contributed by atoms with van der Waals surface area (Å²) >= 11 is 0. The first-order chi connectivity index (χ1) is 17.9. The molecule has 0 N–H and O–H groups in total. The lowest BCUT2D eigenvalue weighted by atomic mass is 10.1. The van der Waals surface area contributed by atoms with Crippen molar-refractivity contribution in [2.75, 3.05) is 0 Å². The highest BCUT2D eigenvalue weighted by Gasteiger charge is 2.25. The molecular weight excluding hydrogens is 440 g/mol. The van der Waals surface area contributed by atoms with Gasteiger partial charge in [0.2, 0.25) is 0 Å². The van der Waals surface area contributed by atoms with Gasteiger partial charge in [-0.2, -0.15) is 0 Å². The normalized spacial score (nSPS) is 11.9. The minimum atomic E-state index is 0.932. The molecule has 3 aromatic heterocycles. The predicted molar refractivity (Wildman–Crippen MR) is 148 cm³/mol. The Morgan fingerprint density at radius 1 is 0.417 bits per heavy atom. The molecule has 0 atom stereocenters. The van der Waals surface area contributed by atoms with Gasteiger partial charge in [0.05, 0.1) is 33.1 Å². The quantitative estimate of drug-likeness (QED) is 0.264. The molecule has 0 aliphatic carbocycles. The smallest absolute Gasteiger partial charge is 0.0994 e. The molecule has 0 spiro atoms. The van der Waals surface area contributed by atoms with Crippen molar-refractivity contribution in [1.82, 2.24) is 19.1 Å². The van der Waals surface area contributed by atoms with Gasteiger partial charge in [-0.3, -0.25) is 9.97 Å². The molecule has 0 unspecified atom stereocenters. The summed E-state index contributed by atoms with van der Waals surface area (Å²) in [5, 5.41) is 4.61. The van der Waals surface area contributed by atoms with Gasteiger partial charge in [0.25, 0.3) is 0 Å². The lowest BCUT2D eigenvalue weighted by Gasteiger charge is -2.13. The number of fused-ring (bicyclic) bond motifs is 10. The van der Waals surface area contributed by atoms with E-state index in [-0.39, 0.29) is 0 Å². The summed E-state index contributed by atoms with van der Waals surface area (Å²) in [4.78, 5) is 9.84. The Morgan fingerprint density at radius 2 is 0.806 bits per heavy atom. The van der Waals surface area contributed by atoms with E-state index in [0.717, 1.165) is 55.2 Å². The highest BCUT2D eigenvalue weighted by Crippen LogP contribution is 2.45. The molecule has 3 heterocycles. The van der Waals surface area contributed by atoms with Crippen LogP contribution < -0.4 is 0 Å². The van der Waals surface area contributed by atoms with Gasteiger partial charge in [-0.25, -0.2) is 0 Å². The lowest BCUT2D eigenvalue weighted by molar-refractivity contribution is 1.15. The van der Waals surface area contributed by atoms with Crippen LogP contribution in [0.2, 0.25) is 0 Å². The largest absolute Gasteiger partial charge is 0.307 e. The molecule has 36 heavy (non-hydrogen) atoms. The number of hydrogen-bond acceptors (Lipinski definition) is 2. The molecule has 5 aromatic carbocycles. The van der Waals surface area contributed by atoms with E-state index in [1.807, 2.05) is 0 Å². The number of hydrogen-bond donors (Lipinski definition) is 0. The van der Waals surface area contributed by atoms with Crippen molar-refractivity contribution in [3.05, 3.63) is 122 Å². The Hall–Kier alpha value is -4.96. The topological polar surface area (TPSA) is 35.6 Å². The Bertz CT molecular complexity index is 1930. The third-order valence-corrected chi connectivity index (χ3v) is 7.17. The molecule has 0 fully saturated rings. The maximum absolute atomic E-state index is 4.92. The van der Waals surface area contributed by atoms with Gasteiger partial charge < -0.3 is 9.13 Å². The standard InChI is InChI=1S/C32H20N4/c1-3-11-21(12-4-1)35-25-17-9-7-15-23(25)27-29-30(34-20-19-33-29)28-24-16-8-10-18-26(24)36(32(28)31(27)35)22-13-5-2-6-14-22/h1-20H. The molecule has 0 saturated heterocycles. The monoisotopic (exact) mass is 460 g/mol. The molecule has 0 radical (unpaired) electrons. The van der Waals surface area contributed by atoms with Crippen molar-refractivity contribution in [3.63, 3.8) is 0 Å². The first kappa shape index (κ1) is 19.4. The van der Waals surface area contributed by atoms with Crippen molar-refractivity contribution < 1.29 is 0 Å². The lowest BCUT2D eigenvalue weighted by Crippen LogP contribution is -1.99. The highest BCUT2D eigenvalue weighted by atomic mass is 15.0. The van der Waals surface area contributed by atoms with Crippen molar-refractivity contribution in [3.8, 4) is 11.4 Å². The number of benzene rings is 5. The summed E-state index contributed by atoms with van der Waals surface area (Å²) < 4.78 is 4.78. The second kappa shape index (κ2) is 7.27. The van der Waals surface area contributed by atoms with Crippen LogP contribution in [0.1, 0.15) is 0 Å². The fourth-order valence-electron chi connectivity index (χ4n) is 5.80. The zero-order valence-corrected chi connectivity index (χ0v) is 19.3. The van der Waals surface area contributed by atoms with Gasteiger partial charge in [-0.15, -0.1) is 0 Å². The second-order valence-electron chi connectivity index (χ2n) is 9.08. The average molecular weight is 461 g/mol. The fraction of sp³-hybridized carbons (Fsp3) is 0. The Kier molecular flexibility index (Phi) is 3.91. The van der Waals surface area contributed by atoms with E-state index in [1.165, 1.54) is 10.8 Å². The minimum absolute atomic E-state index is 0.932. The second-order valence-corrected chi connectivity index (χ2v) is 9.08. The molecule has 168 valence electrons. The summed E-state index contributed by atoms with van der Waals surface area (Å²) in [6, 6.07) is 38.5. The van der Waals surface area contributed by atoms with Gasteiger partial charge in [0.15, 0.2) is 0 Å². The first-order valence-electron chi connectivity index (χ1n) is 12.1. The van der Waals surface area contributed by atoms with Crippen LogP contribution in [0.25, 0.3) is 66.0 Å². The van der Waals surface area contributed by atoms with Gasteiger partial charge in [-0.1, -0.05) is 72.8 Å². The molecule has 0 bridgehead atoms. The maximum Gasteiger partial charge on any atom is 0.0994 e. The van der Waals surface area contributed by atoms with Gasteiger partial charge in [0, 0.05) is 45.3 Å².